The first kappa shape index (κ1) is 24.4. The molecule has 2 unspecified atom stereocenters. The minimum absolute atomic E-state index is 0. The molecule has 3 heterocycles. The molecule has 1 N–H and O–H groups in total. The number of fused-ring (bicyclic) bond motifs is 2. The minimum Gasteiger partial charge on any atom is -0.339 e. The maximum absolute atomic E-state index is 13.0. The summed E-state index contributed by atoms with van der Waals surface area (Å²) in [6.07, 6.45) is 4.54. The zero-order chi connectivity index (χ0) is 19.0. The molecule has 3 aliphatic rings. The number of nitrogens with zero attached hydrogens (tertiary/aromatic N) is 2. The van der Waals surface area contributed by atoms with Crippen LogP contribution in [0.3, 0.4) is 0 Å². The molecule has 1 aromatic carbocycles. The number of hydrogen-bond acceptors (Lipinski definition) is 5. The zero-order valence-corrected chi connectivity index (χ0v) is 19.2. The second kappa shape index (κ2) is 9.96. The molecule has 6 nitrogen and oxygen atoms in total. The highest BCUT2D eigenvalue weighted by molar-refractivity contribution is 7.91. The van der Waals surface area contributed by atoms with Crippen molar-refractivity contribution in [2.45, 2.75) is 50.4 Å². The molecule has 9 heteroatoms. The number of carbonyl (C=O) groups is 1. The Bertz CT molecular complexity index is 795. The summed E-state index contributed by atoms with van der Waals surface area (Å²) in [5.41, 5.74) is 1.80. The van der Waals surface area contributed by atoms with Gasteiger partial charge in [0.15, 0.2) is 9.84 Å². The number of hydrogen-bond donors (Lipinski definition) is 1. The molecule has 2 atom stereocenters. The average Bonchev–Trinajstić information content (AvgIpc) is 3.00. The number of rotatable bonds is 4. The van der Waals surface area contributed by atoms with Crippen molar-refractivity contribution in [3.05, 3.63) is 35.4 Å². The Morgan fingerprint density at radius 3 is 2.38 bits per heavy atom. The van der Waals surface area contributed by atoms with Crippen LogP contribution < -0.4 is 5.32 Å². The van der Waals surface area contributed by atoms with Gasteiger partial charge in [0.2, 0.25) is 0 Å². The lowest BCUT2D eigenvalue weighted by Gasteiger charge is -2.35. The molecule has 0 spiro atoms. The third-order valence-corrected chi connectivity index (χ3v) is 7.94. The maximum atomic E-state index is 13.0. The van der Waals surface area contributed by atoms with Crippen molar-refractivity contribution in [2.24, 2.45) is 0 Å². The standard InChI is InChI=1S/C20H29N3O3S.2ClH/c1-22(19-12-17-5-6-18(13-19)21-17)20(24)16-4-2-3-15(11-16)14-23-7-9-27(25,26)10-8-23;;/h2-4,11,17-19,21H,5-10,12-14H2,1H3;2*1H. The Morgan fingerprint density at radius 2 is 1.76 bits per heavy atom. The van der Waals surface area contributed by atoms with Crippen LogP contribution in [-0.2, 0) is 16.4 Å². The van der Waals surface area contributed by atoms with Crippen LogP contribution in [0, 0.1) is 0 Å². The lowest BCUT2D eigenvalue weighted by Crippen LogP contribution is -2.48. The van der Waals surface area contributed by atoms with Gasteiger partial charge in [0.1, 0.15) is 0 Å². The van der Waals surface area contributed by atoms with Crippen molar-refractivity contribution in [3.8, 4) is 0 Å². The lowest BCUT2D eigenvalue weighted by atomic mass is 9.97. The first-order valence-electron chi connectivity index (χ1n) is 9.94. The van der Waals surface area contributed by atoms with E-state index in [1.807, 2.05) is 36.2 Å². The largest absolute Gasteiger partial charge is 0.339 e. The molecule has 4 rings (SSSR count). The molecule has 0 aromatic heterocycles. The number of nitrogens with one attached hydrogen (secondary N) is 1. The van der Waals surface area contributed by atoms with Gasteiger partial charge in [0.05, 0.1) is 11.5 Å². The van der Waals surface area contributed by atoms with Gasteiger partial charge in [-0.1, -0.05) is 12.1 Å². The number of benzene rings is 1. The molecule has 3 fully saturated rings. The monoisotopic (exact) mass is 463 g/mol. The zero-order valence-electron chi connectivity index (χ0n) is 16.7. The van der Waals surface area contributed by atoms with Crippen LogP contribution in [0.4, 0.5) is 0 Å². The van der Waals surface area contributed by atoms with Gasteiger partial charge in [-0.25, -0.2) is 8.42 Å². The molecule has 3 aliphatic heterocycles. The van der Waals surface area contributed by atoms with Gasteiger partial charge in [-0.2, -0.15) is 0 Å². The Morgan fingerprint density at radius 1 is 1.14 bits per heavy atom. The highest BCUT2D eigenvalue weighted by Crippen LogP contribution is 2.30. The van der Waals surface area contributed by atoms with E-state index in [0.717, 1.165) is 24.0 Å². The van der Waals surface area contributed by atoms with E-state index < -0.39 is 9.84 Å². The summed E-state index contributed by atoms with van der Waals surface area (Å²) in [6.45, 7) is 1.83. The second-order valence-electron chi connectivity index (χ2n) is 8.31. The molecule has 0 radical (unpaired) electrons. The van der Waals surface area contributed by atoms with Crippen molar-refractivity contribution in [3.63, 3.8) is 0 Å². The van der Waals surface area contributed by atoms with Crippen molar-refractivity contribution in [1.82, 2.24) is 15.1 Å². The van der Waals surface area contributed by atoms with Crippen LogP contribution in [-0.4, -0.2) is 73.9 Å². The molecule has 3 saturated heterocycles. The van der Waals surface area contributed by atoms with E-state index in [-0.39, 0.29) is 42.2 Å². The normalized spacial score (nSPS) is 28.1. The molecular weight excluding hydrogens is 433 g/mol. The first-order valence-corrected chi connectivity index (χ1v) is 11.8. The fraction of sp³-hybridized carbons (Fsp3) is 0.650. The van der Waals surface area contributed by atoms with Crippen LogP contribution in [0.1, 0.15) is 41.6 Å². The summed E-state index contributed by atoms with van der Waals surface area (Å²) in [5, 5.41) is 3.63. The first-order chi connectivity index (χ1) is 12.9. The summed E-state index contributed by atoms with van der Waals surface area (Å²) in [6, 6.07) is 9.24. The van der Waals surface area contributed by atoms with Gasteiger partial charge in [0, 0.05) is 50.4 Å². The Balaban J connectivity index is 0.00000150. The summed E-state index contributed by atoms with van der Waals surface area (Å²) in [4.78, 5) is 17.1. The lowest BCUT2D eigenvalue weighted by molar-refractivity contribution is 0.0681. The van der Waals surface area contributed by atoms with Gasteiger partial charge in [-0.3, -0.25) is 9.69 Å². The van der Waals surface area contributed by atoms with Gasteiger partial charge in [0.25, 0.3) is 5.91 Å². The van der Waals surface area contributed by atoms with Gasteiger partial charge < -0.3 is 10.2 Å². The topological polar surface area (TPSA) is 69.7 Å². The third-order valence-electron chi connectivity index (χ3n) is 6.33. The molecule has 164 valence electrons. The summed E-state index contributed by atoms with van der Waals surface area (Å²) >= 11 is 0. The smallest absolute Gasteiger partial charge is 0.253 e. The van der Waals surface area contributed by atoms with E-state index in [0.29, 0.717) is 37.8 Å². The highest BCUT2D eigenvalue weighted by Gasteiger charge is 2.36. The number of halogens is 2. The van der Waals surface area contributed by atoms with Crippen LogP contribution in [0.15, 0.2) is 24.3 Å². The van der Waals surface area contributed by atoms with Gasteiger partial charge in [-0.15, -0.1) is 24.8 Å². The fourth-order valence-electron chi connectivity index (χ4n) is 4.68. The van der Waals surface area contributed by atoms with Gasteiger partial charge in [-0.05, 0) is 43.4 Å². The molecule has 1 amide bonds. The van der Waals surface area contributed by atoms with Crippen LogP contribution >= 0.6 is 24.8 Å². The number of amides is 1. The SMILES string of the molecule is CN(C(=O)c1cccc(CN2CCS(=O)(=O)CC2)c1)C1CC2CCC(C1)N2.Cl.Cl. The van der Waals surface area contributed by atoms with E-state index in [9.17, 15) is 13.2 Å². The quantitative estimate of drug-likeness (QED) is 0.740. The minimum atomic E-state index is -2.86. The molecule has 0 aliphatic carbocycles. The van der Waals surface area contributed by atoms with E-state index in [2.05, 4.69) is 10.2 Å². The molecule has 1 aromatic rings. The molecule has 2 bridgehead atoms. The van der Waals surface area contributed by atoms with Gasteiger partial charge >= 0.3 is 0 Å². The Kier molecular flexibility index (Phi) is 8.39. The average molecular weight is 464 g/mol. The fourth-order valence-corrected chi connectivity index (χ4v) is 5.96. The number of sulfone groups is 1. The van der Waals surface area contributed by atoms with Crippen molar-refractivity contribution >= 4 is 40.6 Å². The number of piperidine rings is 1. The van der Waals surface area contributed by atoms with E-state index in [1.54, 1.807) is 0 Å². The maximum Gasteiger partial charge on any atom is 0.253 e. The van der Waals surface area contributed by atoms with Crippen LogP contribution in [0.5, 0.6) is 0 Å². The second-order valence-corrected chi connectivity index (χ2v) is 10.6. The van der Waals surface area contributed by atoms with E-state index in [4.69, 9.17) is 0 Å². The predicted octanol–water partition coefficient (Wildman–Crippen LogP) is 2.12. The van der Waals surface area contributed by atoms with Crippen LogP contribution in [0.25, 0.3) is 0 Å². The van der Waals surface area contributed by atoms with Crippen molar-refractivity contribution < 1.29 is 13.2 Å². The van der Waals surface area contributed by atoms with E-state index >= 15 is 0 Å². The molecule has 0 saturated carbocycles. The third kappa shape index (κ3) is 5.85. The Hall–Kier alpha value is -0.860. The summed E-state index contributed by atoms with van der Waals surface area (Å²) in [7, 11) is -0.934. The Labute approximate surface area is 186 Å². The van der Waals surface area contributed by atoms with E-state index in [1.165, 1.54) is 12.8 Å². The highest BCUT2D eigenvalue weighted by atomic mass is 35.5. The molecular formula is C20H31Cl2N3O3S. The van der Waals surface area contributed by atoms with Crippen molar-refractivity contribution in [1.29, 1.82) is 0 Å². The summed E-state index contributed by atoms with van der Waals surface area (Å²) in [5.74, 6) is 0.545. The molecule has 29 heavy (non-hydrogen) atoms. The predicted molar refractivity (Wildman–Crippen MR) is 120 cm³/mol. The van der Waals surface area contributed by atoms with Crippen LogP contribution in [0.2, 0.25) is 0 Å². The summed E-state index contributed by atoms with van der Waals surface area (Å²) < 4.78 is 23.2. The number of carbonyl (C=O) groups excluding carboxylic acids is 1. The van der Waals surface area contributed by atoms with Crippen molar-refractivity contribution in [2.75, 3.05) is 31.6 Å².